The van der Waals surface area contributed by atoms with Crippen molar-refractivity contribution in [1.29, 1.82) is 0 Å². The zero-order valence-electron chi connectivity index (χ0n) is 21.3. The second kappa shape index (κ2) is 14.2. The number of alkyl carbamates (subject to hydrolysis) is 1. The van der Waals surface area contributed by atoms with Crippen LogP contribution in [0.1, 0.15) is 115 Å². The molecule has 0 aliphatic rings. The molecule has 1 aromatic rings. The summed E-state index contributed by atoms with van der Waals surface area (Å²) in [7, 11) is 0. The highest BCUT2D eigenvalue weighted by Gasteiger charge is 2.21. The van der Waals surface area contributed by atoms with Crippen molar-refractivity contribution in [2.24, 2.45) is 5.92 Å². The number of ketones is 1. The molecular weight excluding hydrogens is 400 g/mol. The number of anilines is 1. The minimum atomic E-state index is -0.539. The van der Waals surface area contributed by atoms with Crippen LogP contribution in [0, 0.1) is 5.92 Å². The molecule has 0 saturated carbocycles. The number of carbonyl (C=O) groups is 2. The van der Waals surface area contributed by atoms with Crippen LogP contribution in [0.25, 0.3) is 0 Å². The number of ether oxygens (including phenoxy) is 1. The first kappa shape index (κ1) is 28.0. The van der Waals surface area contributed by atoms with Gasteiger partial charge in [-0.05, 0) is 57.6 Å². The first-order valence-corrected chi connectivity index (χ1v) is 12.4. The molecule has 5 heteroatoms. The molecule has 0 aromatic heterocycles. The monoisotopic (exact) mass is 446 g/mol. The maximum Gasteiger partial charge on any atom is 0.407 e. The van der Waals surface area contributed by atoms with Crippen molar-refractivity contribution in [2.45, 2.75) is 117 Å². The van der Waals surface area contributed by atoms with Crippen molar-refractivity contribution < 1.29 is 14.3 Å². The highest BCUT2D eigenvalue weighted by atomic mass is 16.6. The minimum Gasteiger partial charge on any atom is -0.444 e. The summed E-state index contributed by atoms with van der Waals surface area (Å²) < 4.78 is 5.42. The minimum absolute atomic E-state index is 0.0820. The molecule has 1 aromatic carbocycles. The van der Waals surface area contributed by atoms with Gasteiger partial charge in [0.2, 0.25) is 0 Å². The van der Waals surface area contributed by atoms with Gasteiger partial charge in [0, 0.05) is 23.7 Å². The number of nitrogens with two attached hydrogens (primary N) is 1. The maximum atomic E-state index is 12.6. The van der Waals surface area contributed by atoms with Crippen LogP contribution >= 0.6 is 0 Å². The summed E-state index contributed by atoms with van der Waals surface area (Å²) in [4.78, 5) is 24.8. The van der Waals surface area contributed by atoms with E-state index in [0.717, 1.165) is 24.8 Å². The van der Waals surface area contributed by atoms with Crippen LogP contribution in [0.4, 0.5) is 10.5 Å². The van der Waals surface area contributed by atoms with Gasteiger partial charge in [0.15, 0.2) is 5.78 Å². The standard InChI is InChI=1S/C27H46N2O3/c1-7-8-9-10-11-12-13-14-25(30)22-16-15-21(24(28)19-22)18-23(17-20(2)3)29-26(31)32-27(4,5)6/h15-16,19-20,23H,7-14,17-18,28H2,1-6H3,(H,29,31). The van der Waals surface area contributed by atoms with Gasteiger partial charge in [-0.25, -0.2) is 4.79 Å². The number of carbonyl (C=O) groups excluding carboxylic acids is 2. The molecule has 1 rings (SSSR count). The van der Waals surface area contributed by atoms with Gasteiger partial charge < -0.3 is 15.8 Å². The van der Waals surface area contributed by atoms with E-state index in [-0.39, 0.29) is 11.8 Å². The fraction of sp³-hybridized carbons (Fsp3) is 0.704. The normalized spacial score (nSPS) is 12.6. The Morgan fingerprint density at radius 3 is 2.22 bits per heavy atom. The van der Waals surface area contributed by atoms with Crippen LogP contribution in [-0.4, -0.2) is 23.5 Å². The Hall–Kier alpha value is -2.04. The Bertz CT molecular complexity index is 707. The van der Waals surface area contributed by atoms with E-state index in [1.54, 1.807) is 6.07 Å². The summed E-state index contributed by atoms with van der Waals surface area (Å²) in [5, 5.41) is 2.99. The molecule has 0 aliphatic carbocycles. The van der Waals surface area contributed by atoms with Crippen molar-refractivity contribution >= 4 is 17.6 Å². The molecule has 5 nitrogen and oxygen atoms in total. The van der Waals surface area contributed by atoms with Gasteiger partial charge in [0.25, 0.3) is 0 Å². The molecule has 1 atom stereocenters. The third kappa shape index (κ3) is 12.1. The number of Topliss-reactive ketones (excluding diaryl/α,β-unsaturated/α-hetero) is 1. The lowest BCUT2D eigenvalue weighted by atomic mass is 9.94. The van der Waals surface area contributed by atoms with Gasteiger partial charge in [0.1, 0.15) is 5.60 Å². The van der Waals surface area contributed by atoms with E-state index in [0.29, 0.717) is 30.0 Å². The number of amides is 1. The van der Waals surface area contributed by atoms with Gasteiger partial charge in [-0.1, -0.05) is 71.4 Å². The molecule has 3 N–H and O–H groups in total. The Morgan fingerprint density at radius 2 is 1.66 bits per heavy atom. The number of hydrogen-bond acceptors (Lipinski definition) is 4. The van der Waals surface area contributed by atoms with Gasteiger partial charge >= 0.3 is 6.09 Å². The molecule has 0 bridgehead atoms. The van der Waals surface area contributed by atoms with Crippen LogP contribution < -0.4 is 11.1 Å². The van der Waals surface area contributed by atoms with Crippen molar-refractivity contribution in [2.75, 3.05) is 5.73 Å². The summed E-state index contributed by atoms with van der Waals surface area (Å²) in [5.41, 5.74) is 7.99. The van der Waals surface area contributed by atoms with Crippen LogP contribution in [0.3, 0.4) is 0 Å². The molecule has 0 saturated heterocycles. The van der Waals surface area contributed by atoms with Gasteiger partial charge in [-0.3, -0.25) is 4.79 Å². The van der Waals surface area contributed by atoms with Crippen molar-refractivity contribution in [3.05, 3.63) is 29.3 Å². The highest BCUT2D eigenvalue weighted by Crippen LogP contribution is 2.21. The number of benzene rings is 1. The van der Waals surface area contributed by atoms with E-state index in [1.807, 2.05) is 32.9 Å². The Kier molecular flexibility index (Phi) is 12.4. The van der Waals surface area contributed by atoms with Crippen LogP contribution in [0.2, 0.25) is 0 Å². The molecule has 182 valence electrons. The third-order valence-electron chi connectivity index (χ3n) is 5.42. The average Bonchev–Trinajstić information content (AvgIpc) is 2.66. The number of hydrogen-bond donors (Lipinski definition) is 2. The number of nitrogens with one attached hydrogen (secondary N) is 1. The molecule has 0 heterocycles. The molecule has 32 heavy (non-hydrogen) atoms. The highest BCUT2D eigenvalue weighted by molar-refractivity contribution is 5.97. The lowest BCUT2D eigenvalue weighted by molar-refractivity contribution is 0.0498. The predicted molar refractivity (Wildman–Crippen MR) is 134 cm³/mol. The largest absolute Gasteiger partial charge is 0.444 e. The first-order valence-electron chi connectivity index (χ1n) is 12.4. The summed E-state index contributed by atoms with van der Waals surface area (Å²) in [6.07, 6.45) is 9.94. The van der Waals surface area contributed by atoms with Crippen LogP contribution in [0.5, 0.6) is 0 Å². The number of nitrogen functional groups attached to an aromatic ring is 1. The second-order valence-corrected chi connectivity index (χ2v) is 10.4. The third-order valence-corrected chi connectivity index (χ3v) is 5.42. The summed E-state index contributed by atoms with van der Waals surface area (Å²) >= 11 is 0. The van der Waals surface area contributed by atoms with E-state index in [2.05, 4.69) is 26.1 Å². The quantitative estimate of drug-likeness (QED) is 0.182. The number of unbranched alkanes of at least 4 members (excludes halogenated alkanes) is 6. The van der Waals surface area contributed by atoms with E-state index < -0.39 is 11.7 Å². The summed E-state index contributed by atoms with van der Waals surface area (Å²) in [6, 6.07) is 5.51. The summed E-state index contributed by atoms with van der Waals surface area (Å²) in [5.74, 6) is 0.571. The van der Waals surface area contributed by atoms with E-state index in [9.17, 15) is 9.59 Å². The Balaban J connectivity index is 2.64. The lowest BCUT2D eigenvalue weighted by Gasteiger charge is -2.25. The zero-order chi connectivity index (χ0) is 24.1. The van der Waals surface area contributed by atoms with Gasteiger partial charge in [-0.2, -0.15) is 0 Å². The van der Waals surface area contributed by atoms with Gasteiger partial charge in [0.05, 0.1) is 0 Å². The Morgan fingerprint density at radius 1 is 1.03 bits per heavy atom. The van der Waals surface area contributed by atoms with Crippen LogP contribution in [-0.2, 0) is 11.2 Å². The fourth-order valence-corrected chi connectivity index (χ4v) is 3.84. The SMILES string of the molecule is CCCCCCCCCC(=O)c1ccc(CC(CC(C)C)NC(=O)OC(C)(C)C)c(N)c1. The molecule has 0 spiro atoms. The summed E-state index contributed by atoms with van der Waals surface area (Å²) in [6.45, 7) is 12.0. The Labute approximate surface area is 195 Å². The predicted octanol–water partition coefficient (Wildman–Crippen LogP) is 7.07. The van der Waals surface area contributed by atoms with E-state index in [1.165, 1.54) is 32.1 Å². The second-order valence-electron chi connectivity index (χ2n) is 10.4. The molecular formula is C27H46N2O3. The molecule has 0 fully saturated rings. The zero-order valence-corrected chi connectivity index (χ0v) is 21.3. The fourth-order valence-electron chi connectivity index (χ4n) is 3.84. The van der Waals surface area contributed by atoms with E-state index >= 15 is 0 Å². The molecule has 0 radical (unpaired) electrons. The smallest absolute Gasteiger partial charge is 0.407 e. The lowest BCUT2D eigenvalue weighted by Crippen LogP contribution is -2.41. The van der Waals surface area contributed by atoms with Gasteiger partial charge in [-0.15, -0.1) is 0 Å². The average molecular weight is 447 g/mol. The molecule has 1 unspecified atom stereocenters. The topological polar surface area (TPSA) is 81.4 Å². The molecule has 1 amide bonds. The number of rotatable bonds is 14. The van der Waals surface area contributed by atoms with Crippen molar-refractivity contribution in [1.82, 2.24) is 5.32 Å². The first-order chi connectivity index (χ1) is 15.0. The van der Waals surface area contributed by atoms with Crippen LogP contribution in [0.15, 0.2) is 18.2 Å². The maximum absolute atomic E-state index is 12.6. The van der Waals surface area contributed by atoms with Crippen molar-refractivity contribution in [3.63, 3.8) is 0 Å². The molecule has 0 aliphatic heterocycles. The van der Waals surface area contributed by atoms with Crippen molar-refractivity contribution in [3.8, 4) is 0 Å². The van der Waals surface area contributed by atoms with E-state index in [4.69, 9.17) is 10.5 Å².